The molecular formula is C19H23N3O2. The summed E-state index contributed by atoms with van der Waals surface area (Å²) in [5, 5.41) is 5.75. The number of hydrogen-bond acceptors (Lipinski definition) is 3. The summed E-state index contributed by atoms with van der Waals surface area (Å²) in [6, 6.07) is 10.1. The van der Waals surface area contributed by atoms with E-state index in [9.17, 15) is 9.59 Å². The zero-order valence-electron chi connectivity index (χ0n) is 14.5. The lowest BCUT2D eigenvalue weighted by atomic mass is 9.88. The van der Waals surface area contributed by atoms with Crippen molar-refractivity contribution in [1.29, 1.82) is 0 Å². The molecule has 0 aliphatic heterocycles. The Morgan fingerprint density at radius 3 is 2.17 bits per heavy atom. The van der Waals surface area contributed by atoms with Crippen molar-refractivity contribution in [3.8, 4) is 0 Å². The summed E-state index contributed by atoms with van der Waals surface area (Å²) in [6.45, 7) is 8.17. The Bertz CT molecular complexity index is 721. The summed E-state index contributed by atoms with van der Waals surface area (Å²) in [5.74, 6) is -0.448. The smallest absolute Gasteiger partial charge is 0.255 e. The number of hydrogen-bond donors (Lipinski definition) is 2. The fourth-order valence-corrected chi connectivity index (χ4v) is 1.94. The van der Waals surface area contributed by atoms with E-state index in [4.69, 9.17) is 0 Å². The standard InChI is InChI=1S/C19H23N3O2/c1-13(19(2,3)4)21-17(23)14-6-5-7-15(12-14)18(24)22-16-8-10-20-11-9-16/h5-13H,1-4H3,(H,21,23)(H,20,22,24). The predicted octanol–water partition coefficient (Wildman–Crippen LogP) is 3.50. The SMILES string of the molecule is CC(NC(=O)c1cccc(C(=O)Nc2ccncc2)c1)C(C)(C)C. The van der Waals surface area contributed by atoms with E-state index in [1.807, 2.05) is 6.92 Å². The van der Waals surface area contributed by atoms with Crippen LogP contribution in [-0.2, 0) is 0 Å². The lowest BCUT2D eigenvalue weighted by molar-refractivity contribution is 0.0910. The number of amides is 2. The topological polar surface area (TPSA) is 71.1 Å². The van der Waals surface area contributed by atoms with Crippen LogP contribution in [0.1, 0.15) is 48.4 Å². The second-order valence-corrected chi connectivity index (χ2v) is 6.83. The lowest BCUT2D eigenvalue weighted by Crippen LogP contribution is -2.41. The molecule has 2 aromatic rings. The minimum absolute atomic E-state index is 0.0132. The van der Waals surface area contributed by atoms with Gasteiger partial charge in [0.05, 0.1) is 0 Å². The highest BCUT2D eigenvalue weighted by Crippen LogP contribution is 2.19. The van der Waals surface area contributed by atoms with Crippen LogP contribution < -0.4 is 10.6 Å². The van der Waals surface area contributed by atoms with Gasteiger partial charge in [-0.15, -0.1) is 0 Å². The highest BCUT2D eigenvalue weighted by molar-refractivity contribution is 6.06. The van der Waals surface area contributed by atoms with E-state index in [0.717, 1.165) is 0 Å². The molecule has 0 fully saturated rings. The van der Waals surface area contributed by atoms with Crippen molar-refractivity contribution in [3.63, 3.8) is 0 Å². The summed E-state index contributed by atoms with van der Waals surface area (Å²) in [4.78, 5) is 28.6. The Morgan fingerprint density at radius 1 is 1.00 bits per heavy atom. The van der Waals surface area contributed by atoms with E-state index in [-0.39, 0.29) is 23.3 Å². The molecule has 2 amide bonds. The molecule has 5 nitrogen and oxygen atoms in total. The first-order valence-corrected chi connectivity index (χ1v) is 7.89. The van der Waals surface area contributed by atoms with Gasteiger partial charge in [0.15, 0.2) is 0 Å². The van der Waals surface area contributed by atoms with Gasteiger partial charge in [0, 0.05) is 35.2 Å². The summed E-state index contributed by atoms with van der Waals surface area (Å²) in [7, 11) is 0. The molecule has 24 heavy (non-hydrogen) atoms. The number of carbonyl (C=O) groups is 2. The lowest BCUT2D eigenvalue weighted by Gasteiger charge is -2.28. The molecule has 2 N–H and O–H groups in total. The van der Waals surface area contributed by atoms with Crippen LogP contribution in [-0.4, -0.2) is 22.8 Å². The fourth-order valence-electron chi connectivity index (χ4n) is 1.94. The van der Waals surface area contributed by atoms with Crippen molar-refractivity contribution in [2.24, 2.45) is 5.41 Å². The maximum absolute atomic E-state index is 12.4. The van der Waals surface area contributed by atoms with Gasteiger partial charge < -0.3 is 10.6 Å². The van der Waals surface area contributed by atoms with E-state index in [1.54, 1.807) is 48.8 Å². The number of nitrogens with one attached hydrogen (secondary N) is 2. The molecule has 1 unspecified atom stereocenters. The molecule has 1 heterocycles. The first kappa shape index (κ1) is 17.7. The molecule has 0 saturated carbocycles. The third-order valence-corrected chi connectivity index (χ3v) is 3.97. The van der Waals surface area contributed by atoms with Gasteiger partial charge in [-0.3, -0.25) is 14.6 Å². The Hall–Kier alpha value is -2.69. The van der Waals surface area contributed by atoms with Crippen molar-refractivity contribution in [3.05, 3.63) is 59.9 Å². The van der Waals surface area contributed by atoms with Crippen molar-refractivity contribution >= 4 is 17.5 Å². The van der Waals surface area contributed by atoms with Crippen molar-refractivity contribution in [1.82, 2.24) is 10.3 Å². The molecular weight excluding hydrogens is 302 g/mol. The number of rotatable bonds is 4. The molecule has 126 valence electrons. The van der Waals surface area contributed by atoms with Gasteiger partial charge in [-0.25, -0.2) is 0 Å². The van der Waals surface area contributed by atoms with Crippen LogP contribution in [0.2, 0.25) is 0 Å². The Kier molecular flexibility index (Phi) is 5.34. The first-order valence-electron chi connectivity index (χ1n) is 7.89. The van der Waals surface area contributed by atoms with Crippen LogP contribution in [0.5, 0.6) is 0 Å². The molecule has 1 atom stereocenters. The number of carbonyl (C=O) groups excluding carboxylic acids is 2. The van der Waals surface area contributed by atoms with E-state index in [2.05, 4.69) is 36.4 Å². The van der Waals surface area contributed by atoms with Crippen LogP contribution in [0, 0.1) is 5.41 Å². The minimum atomic E-state index is -0.264. The van der Waals surface area contributed by atoms with Crippen molar-refractivity contribution < 1.29 is 9.59 Å². The molecule has 1 aromatic carbocycles. The third kappa shape index (κ3) is 4.65. The Balaban J connectivity index is 2.11. The Morgan fingerprint density at radius 2 is 1.58 bits per heavy atom. The first-order chi connectivity index (χ1) is 11.3. The second-order valence-electron chi connectivity index (χ2n) is 6.83. The number of anilines is 1. The molecule has 0 saturated heterocycles. The number of nitrogens with zero attached hydrogens (tertiary/aromatic N) is 1. The summed E-state index contributed by atoms with van der Waals surface area (Å²) in [6.07, 6.45) is 3.21. The molecule has 0 bridgehead atoms. The maximum Gasteiger partial charge on any atom is 0.255 e. The molecule has 1 aromatic heterocycles. The zero-order chi connectivity index (χ0) is 17.7. The van der Waals surface area contributed by atoms with Gasteiger partial charge in [-0.05, 0) is 42.7 Å². The quantitative estimate of drug-likeness (QED) is 0.904. The largest absolute Gasteiger partial charge is 0.349 e. The molecule has 0 radical (unpaired) electrons. The summed E-state index contributed by atoms with van der Waals surface area (Å²) in [5.41, 5.74) is 1.52. The third-order valence-electron chi connectivity index (χ3n) is 3.97. The summed E-state index contributed by atoms with van der Waals surface area (Å²) < 4.78 is 0. The summed E-state index contributed by atoms with van der Waals surface area (Å²) >= 11 is 0. The highest BCUT2D eigenvalue weighted by atomic mass is 16.2. The molecule has 0 aliphatic rings. The van der Waals surface area contributed by atoms with Crippen molar-refractivity contribution in [2.45, 2.75) is 33.7 Å². The average Bonchev–Trinajstić information content (AvgIpc) is 2.55. The van der Waals surface area contributed by atoms with Crippen molar-refractivity contribution in [2.75, 3.05) is 5.32 Å². The Labute approximate surface area is 142 Å². The van der Waals surface area contributed by atoms with Crippen LogP contribution >= 0.6 is 0 Å². The maximum atomic E-state index is 12.4. The van der Waals surface area contributed by atoms with Gasteiger partial charge in [-0.1, -0.05) is 26.8 Å². The number of benzene rings is 1. The predicted molar refractivity (Wildman–Crippen MR) is 95.0 cm³/mol. The highest BCUT2D eigenvalue weighted by Gasteiger charge is 2.22. The van der Waals surface area contributed by atoms with Gasteiger partial charge in [0.2, 0.25) is 0 Å². The molecule has 2 rings (SSSR count). The number of pyridine rings is 1. The normalized spacial score (nSPS) is 12.3. The van der Waals surface area contributed by atoms with Crippen LogP contribution in [0.3, 0.4) is 0 Å². The van der Waals surface area contributed by atoms with Gasteiger partial charge in [0.25, 0.3) is 11.8 Å². The van der Waals surface area contributed by atoms with E-state index >= 15 is 0 Å². The van der Waals surface area contributed by atoms with Crippen LogP contribution in [0.15, 0.2) is 48.8 Å². The van der Waals surface area contributed by atoms with E-state index in [0.29, 0.717) is 16.8 Å². The van der Waals surface area contributed by atoms with Gasteiger partial charge >= 0.3 is 0 Å². The van der Waals surface area contributed by atoms with Crippen LogP contribution in [0.25, 0.3) is 0 Å². The monoisotopic (exact) mass is 325 g/mol. The van der Waals surface area contributed by atoms with E-state index < -0.39 is 0 Å². The van der Waals surface area contributed by atoms with Gasteiger partial charge in [-0.2, -0.15) is 0 Å². The number of aromatic nitrogens is 1. The molecule has 5 heteroatoms. The zero-order valence-corrected chi connectivity index (χ0v) is 14.5. The average molecular weight is 325 g/mol. The fraction of sp³-hybridized carbons (Fsp3) is 0.316. The second kappa shape index (κ2) is 7.25. The van der Waals surface area contributed by atoms with Crippen LogP contribution in [0.4, 0.5) is 5.69 Å². The molecule has 0 aliphatic carbocycles. The molecule has 0 spiro atoms. The van der Waals surface area contributed by atoms with E-state index in [1.165, 1.54) is 0 Å². The minimum Gasteiger partial charge on any atom is -0.349 e. The van der Waals surface area contributed by atoms with Gasteiger partial charge in [0.1, 0.15) is 0 Å².